The summed E-state index contributed by atoms with van der Waals surface area (Å²) in [6.45, 7) is 5.44. The Balaban J connectivity index is 4.41. The number of hydrogen-bond donors (Lipinski definition) is 3. The van der Waals surface area contributed by atoms with Gasteiger partial charge in [0.1, 0.15) is 0 Å². The maximum Gasteiger partial charge on any atom is 0.331 e. The van der Waals surface area contributed by atoms with Crippen molar-refractivity contribution in [3.63, 3.8) is 0 Å². The van der Waals surface area contributed by atoms with Crippen LogP contribution in [0.1, 0.15) is 52.9 Å². The summed E-state index contributed by atoms with van der Waals surface area (Å²) in [6, 6.07) is 0. The van der Waals surface area contributed by atoms with E-state index in [1.54, 1.807) is 32.3 Å². The van der Waals surface area contributed by atoms with Gasteiger partial charge in [0.25, 0.3) is 0 Å². The second-order valence-corrected chi connectivity index (χ2v) is 8.13. The van der Waals surface area contributed by atoms with Crippen LogP contribution in [0.25, 0.3) is 0 Å². The lowest BCUT2D eigenvalue weighted by Gasteiger charge is -2.13. The lowest BCUT2D eigenvalue weighted by molar-refractivity contribution is -0.136. The van der Waals surface area contributed by atoms with Crippen LogP contribution in [0.15, 0.2) is 83.6 Å². The highest BCUT2D eigenvalue weighted by molar-refractivity contribution is 5.86. The second kappa shape index (κ2) is 18.9. The molecule has 0 amide bonds. The first-order chi connectivity index (χ1) is 16.6. The molecule has 0 aromatic heterocycles. The van der Waals surface area contributed by atoms with E-state index in [2.05, 4.69) is 18.2 Å². The van der Waals surface area contributed by atoms with E-state index in [1.807, 2.05) is 38.2 Å². The predicted octanol–water partition coefficient (Wildman–Crippen LogP) is 5.89. The van der Waals surface area contributed by atoms with Crippen molar-refractivity contribution in [2.45, 2.75) is 59.0 Å². The summed E-state index contributed by atoms with van der Waals surface area (Å²) in [6.07, 6.45) is 22.6. The minimum absolute atomic E-state index is 0.115. The van der Waals surface area contributed by atoms with E-state index in [0.717, 1.165) is 30.9 Å². The third-order valence-electron chi connectivity index (χ3n) is 4.94. The topological polar surface area (TPSA) is 121 Å². The SMILES string of the molecule is CO[C@@H](C/C=C\C=C\CC/C=C/C[C@@H](C)/C=C/C(=C/C(=O)O)CC(=O)O)/C(C)=C\C=C(/C)C(=O)O. The lowest BCUT2D eigenvalue weighted by atomic mass is 10.0. The molecule has 0 bridgehead atoms. The zero-order chi connectivity index (χ0) is 26.6. The van der Waals surface area contributed by atoms with E-state index in [-0.39, 0.29) is 29.6 Å². The van der Waals surface area contributed by atoms with Gasteiger partial charge in [0.2, 0.25) is 0 Å². The number of hydrogen-bond acceptors (Lipinski definition) is 4. The summed E-state index contributed by atoms with van der Waals surface area (Å²) >= 11 is 0. The van der Waals surface area contributed by atoms with Crippen molar-refractivity contribution in [3.8, 4) is 0 Å². The minimum atomic E-state index is -1.16. The van der Waals surface area contributed by atoms with Crippen LogP contribution in [0, 0.1) is 5.92 Å². The average Bonchev–Trinajstić information content (AvgIpc) is 2.78. The molecule has 0 aromatic rings. The molecule has 192 valence electrons. The van der Waals surface area contributed by atoms with Gasteiger partial charge in [-0.3, -0.25) is 4.79 Å². The number of aliphatic carboxylic acids is 3. The summed E-state index contributed by atoms with van der Waals surface area (Å²) in [7, 11) is 1.63. The Kier molecular flexibility index (Phi) is 17.1. The van der Waals surface area contributed by atoms with Crippen molar-refractivity contribution in [2.24, 2.45) is 5.92 Å². The van der Waals surface area contributed by atoms with Crippen LogP contribution < -0.4 is 0 Å². The average molecular weight is 487 g/mol. The number of carboxylic acid groups (broad SMARTS) is 3. The predicted molar refractivity (Wildman–Crippen MR) is 138 cm³/mol. The molecule has 0 unspecified atom stereocenters. The number of methoxy groups -OCH3 is 1. The van der Waals surface area contributed by atoms with Crippen molar-refractivity contribution < 1.29 is 34.4 Å². The Morgan fingerprint density at radius 2 is 1.54 bits per heavy atom. The summed E-state index contributed by atoms with van der Waals surface area (Å²) in [5, 5.41) is 26.6. The largest absolute Gasteiger partial charge is 0.481 e. The molecule has 3 N–H and O–H groups in total. The Labute approximate surface area is 208 Å². The zero-order valence-electron chi connectivity index (χ0n) is 21.0. The normalized spacial score (nSPS) is 15.5. The van der Waals surface area contributed by atoms with Crippen LogP contribution in [0.4, 0.5) is 0 Å². The molecule has 0 aliphatic rings. The molecule has 35 heavy (non-hydrogen) atoms. The Bertz CT molecular complexity index is 898. The fourth-order valence-corrected chi connectivity index (χ4v) is 2.84. The van der Waals surface area contributed by atoms with Gasteiger partial charge in [0.15, 0.2) is 0 Å². The van der Waals surface area contributed by atoms with Crippen LogP contribution >= 0.6 is 0 Å². The van der Waals surface area contributed by atoms with Crippen LogP contribution in [0.3, 0.4) is 0 Å². The smallest absolute Gasteiger partial charge is 0.331 e. The van der Waals surface area contributed by atoms with Crippen molar-refractivity contribution in [1.82, 2.24) is 0 Å². The third-order valence-corrected chi connectivity index (χ3v) is 4.94. The Morgan fingerprint density at radius 1 is 0.886 bits per heavy atom. The summed E-state index contributed by atoms with van der Waals surface area (Å²) < 4.78 is 5.47. The molecule has 2 atom stereocenters. The molecule has 0 aliphatic carbocycles. The number of unbranched alkanes of at least 4 members (excludes halogenated alkanes) is 1. The van der Waals surface area contributed by atoms with Gasteiger partial charge < -0.3 is 20.1 Å². The summed E-state index contributed by atoms with van der Waals surface area (Å²) in [4.78, 5) is 32.4. The molecule has 7 nitrogen and oxygen atoms in total. The third kappa shape index (κ3) is 17.7. The molecule has 0 fully saturated rings. The fraction of sp³-hybridized carbons (Fsp3) is 0.393. The van der Waals surface area contributed by atoms with E-state index >= 15 is 0 Å². The first kappa shape index (κ1) is 31.6. The number of ether oxygens (including phenoxy) is 1. The maximum absolute atomic E-state index is 10.9. The van der Waals surface area contributed by atoms with Crippen LogP contribution in [-0.4, -0.2) is 46.4 Å². The molecular formula is C28H38O7. The number of carbonyl (C=O) groups is 3. The highest BCUT2D eigenvalue weighted by atomic mass is 16.5. The van der Waals surface area contributed by atoms with Gasteiger partial charge in [0, 0.05) is 18.8 Å². The minimum Gasteiger partial charge on any atom is -0.481 e. The van der Waals surface area contributed by atoms with Crippen LogP contribution in [0.2, 0.25) is 0 Å². The number of rotatable bonds is 17. The molecule has 0 rings (SSSR count). The van der Waals surface area contributed by atoms with Crippen molar-refractivity contribution in [2.75, 3.05) is 7.11 Å². The number of allylic oxidation sites excluding steroid dienone is 9. The van der Waals surface area contributed by atoms with Crippen LogP contribution in [0.5, 0.6) is 0 Å². The standard InChI is InChI=1S/C28H38O7/c1-21(15-18-24(19-26(29)30)20-27(31)32)13-11-9-7-5-6-8-10-12-14-25(35-4)22(2)16-17-23(3)28(33)34/h6,8-12,15-19,21,25H,5,7,13-14,20H2,1-4H3,(H,29,30)(H,31,32)(H,33,34)/b8-6+,11-9+,12-10-,18-15+,22-16-,23-17+,24-19-/t21-,25+/m1/s1. The molecule has 0 heterocycles. The van der Waals surface area contributed by atoms with E-state index in [0.29, 0.717) is 6.42 Å². The lowest BCUT2D eigenvalue weighted by Crippen LogP contribution is -2.10. The second-order valence-electron chi connectivity index (χ2n) is 8.13. The first-order valence-electron chi connectivity index (χ1n) is 11.5. The Morgan fingerprint density at radius 3 is 2.14 bits per heavy atom. The summed E-state index contributed by atoms with van der Waals surface area (Å²) in [5.74, 6) is -3.01. The van der Waals surface area contributed by atoms with Gasteiger partial charge >= 0.3 is 17.9 Å². The van der Waals surface area contributed by atoms with Crippen molar-refractivity contribution in [1.29, 1.82) is 0 Å². The zero-order valence-corrected chi connectivity index (χ0v) is 21.0. The van der Waals surface area contributed by atoms with E-state index in [1.165, 1.54) is 0 Å². The van der Waals surface area contributed by atoms with Crippen molar-refractivity contribution >= 4 is 17.9 Å². The van der Waals surface area contributed by atoms with Crippen molar-refractivity contribution in [3.05, 3.63) is 83.6 Å². The monoisotopic (exact) mass is 486 g/mol. The number of carboxylic acids is 3. The molecular weight excluding hydrogens is 448 g/mol. The van der Waals surface area contributed by atoms with Gasteiger partial charge in [-0.15, -0.1) is 0 Å². The van der Waals surface area contributed by atoms with Gasteiger partial charge in [-0.1, -0.05) is 67.7 Å². The van der Waals surface area contributed by atoms with Gasteiger partial charge in [-0.25, -0.2) is 9.59 Å². The Hall–Kier alpha value is -3.45. The first-order valence-corrected chi connectivity index (χ1v) is 11.5. The fourth-order valence-electron chi connectivity index (χ4n) is 2.84. The highest BCUT2D eigenvalue weighted by Gasteiger charge is 2.07. The highest BCUT2D eigenvalue weighted by Crippen LogP contribution is 2.12. The van der Waals surface area contributed by atoms with Gasteiger partial charge in [-0.05, 0) is 56.6 Å². The molecule has 0 saturated carbocycles. The molecule has 0 aliphatic heterocycles. The molecule has 7 heteroatoms. The van der Waals surface area contributed by atoms with Crippen LogP contribution in [-0.2, 0) is 19.1 Å². The molecule has 0 spiro atoms. The van der Waals surface area contributed by atoms with Gasteiger partial charge in [-0.2, -0.15) is 0 Å². The molecule has 0 radical (unpaired) electrons. The summed E-state index contributed by atoms with van der Waals surface area (Å²) in [5.41, 5.74) is 1.48. The van der Waals surface area contributed by atoms with E-state index in [9.17, 15) is 14.4 Å². The molecule has 0 aromatic carbocycles. The van der Waals surface area contributed by atoms with E-state index < -0.39 is 17.9 Å². The molecule has 0 saturated heterocycles. The maximum atomic E-state index is 10.9. The quantitative estimate of drug-likeness (QED) is 0.101. The van der Waals surface area contributed by atoms with Gasteiger partial charge in [0.05, 0.1) is 12.5 Å². The van der Waals surface area contributed by atoms with E-state index in [4.69, 9.17) is 20.1 Å².